The number of carbonyl (C=O) groups is 2. The van der Waals surface area contributed by atoms with Crippen molar-refractivity contribution in [3.8, 4) is 5.75 Å². The average molecular weight is 403 g/mol. The summed E-state index contributed by atoms with van der Waals surface area (Å²) in [4.78, 5) is 25.6. The molecular weight excluding hydrogens is 384 g/mol. The minimum Gasteiger partial charge on any atom is -0.496 e. The van der Waals surface area contributed by atoms with Crippen LogP contribution in [0.4, 0.5) is 5.69 Å². The fourth-order valence-corrected chi connectivity index (χ4v) is 2.52. The number of halogens is 1. The van der Waals surface area contributed by atoms with Crippen LogP contribution in [0.3, 0.4) is 0 Å². The van der Waals surface area contributed by atoms with Gasteiger partial charge in [-0.2, -0.15) is 0 Å². The summed E-state index contributed by atoms with van der Waals surface area (Å²) in [5.74, 6) is 0.141. The van der Waals surface area contributed by atoms with Gasteiger partial charge in [-0.3, -0.25) is 9.59 Å². The van der Waals surface area contributed by atoms with Crippen LogP contribution in [0.2, 0.25) is 0 Å². The topological polar surface area (TPSA) is 58.6 Å². The molecule has 2 aromatic rings. The monoisotopic (exact) mass is 402 g/mol. The molecule has 6 heteroatoms. The fourth-order valence-electron chi connectivity index (χ4n) is 2.14. The Balaban J connectivity index is 1.94. The molecule has 0 saturated carbocycles. The average Bonchev–Trinajstić information content (AvgIpc) is 2.61. The van der Waals surface area contributed by atoms with E-state index in [-0.39, 0.29) is 18.4 Å². The third-order valence-electron chi connectivity index (χ3n) is 3.45. The molecule has 1 N–H and O–H groups in total. The molecule has 0 fully saturated rings. The van der Waals surface area contributed by atoms with Crippen molar-refractivity contribution >= 4 is 39.5 Å². The SMILES string of the molecule is COc1ccccc1C=CC(=O)N(C)CC(=O)Nc1ccccc1Br. The zero-order valence-corrected chi connectivity index (χ0v) is 15.6. The van der Waals surface area contributed by atoms with Crippen LogP contribution in [0.5, 0.6) is 5.75 Å². The van der Waals surface area contributed by atoms with E-state index in [0.29, 0.717) is 11.4 Å². The zero-order chi connectivity index (χ0) is 18.2. The molecule has 2 rings (SSSR count). The lowest BCUT2D eigenvalue weighted by atomic mass is 10.2. The highest BCUT2D eigenvalue weighted by Gasteiger charge is 2.12. The van der Waals surface area contributed by atoms with Gasteiger partial charge in [-0.1, -0.05) is 30.3 Å². The molecule has 130 valence electrons. The first-order chi connectivity index (χ1) is 12.0. The first-order valence-electron chi connectivity index (χ1n) is 7.62. The minimum atomic E-state index is -0.270. The van der Waals surface area contributed by atoms with Gasteiger partial charge in [0.05, 0.1) is 19.3 Å². The summed E-state index contributed by atoms with van der Waals surface area (Å²) in [5.41, 5.74) is 1.46. The zero-order valence-electron chi connectivity index (χ0n) is 14.0. The van der Waals surface area contributed by atoms with Crippen molar-refractivity contribution in [3.63, 3.8) is 0 Å². The van der Waals surface area contributed by atoms with Gasteiger partial charge in [0.2, 0.25) is 11.8 Å². The van der Waals surface area contributed by atoms with Gasteiger partial charge in [0, 0.05) is 23.2 Å². The minimum absolute atomic E-state index is 0.0452. The van der Waals surface area contributed by atoms with Crippen molar-refractivity contribution in [1.82, 2.24) is 4.90 Å². The number of hydrogen-bond acceptors (Lipinski definition) is 3. The van der Waals surface area contributed by atoms with Crippen LogP contribution in [-0.2, 0) is 9.59 Å². The van der Waals surface area contributed by atoms with Crippen molar-refractivity contribution in [2.24, 2.45) is 0 Å². The maximum atomic E-state index is 12.2. The molecule has 0 aliphatic carbocycles. The van der Waals surface area contributed by atoms with Gasteiger partial charge in [0.25, 0.3) is 0 Å². The molecule has 0 radical (unpaired) electrons. The quantitative estimate of drug-likeness (QED) is 0.751. The summed E-state index contributed by atoms with van der Waals surface area (Å²) in [6, 6.07) is 14.7. The summed E-state index contributed by atoms with van der Waals surface area (Å²) in [6.07, 6.45) is 3.09. The van der Waals surface area contributed by atoms with E-state index in [1.807, 2.05) is 42.5 Å². The Bertz CT molecular complexity index is 790. The number of anilines is 1. The van der Waals surface area contributed by atoms with Crippen molar-refractivity contribution < 1.29 is 14.3 Å². The van der Waals surface area contributed by atoms with E-state index in [1.54, 1.807) is 26.3 Å². The van der Waals surface area contributed by atoms with Gasteiger partial charge in [-0.25, -0.2) is 0 Å². The van der Waals surface area contributed by atoms with E-state index in [1.165, 1.54) is 11.0 Å². The third kappa shape index (κ3) is 5.46. The molecular formula is C19H19BrN2O3. The molecule has 25 heavy (non-hydrogen) atoms. The fraction of sp³-hybridized carbons (Fsp3) is 0.158. The number of nitrogens with zero attached hydrogens (tertiary/aromatic N) is 1. The van der Waals surface area contributed by atoms with E-state index in [2.05, 4.69) is 21.2 Å². The molecule has 0 bridgehead atoms. The largest absolute Gasteiger partial charge is 0.496 e. The van der Waals surface area contributed by atoms with Crippen molar-refractivity contribution in [1.29, 1.82) is 0 Å². The first kappa shape index (κ1) is 18.7. The van der Waals surface area contributed by atoms with Gasteiger partial charge >= 0.3 is 0 Å². The van der Waals surface area contributed by atoms with Crippen LogP contribution in [0.1, 0.15) is 5.56 Å². The molecule has 0 spiro atoms. The van der Waals surface area contributed by atoms with Crippen molar-refractivity contribution in [2.75, 3.05) is 26.0 Å². The molecule has 0 saturated heterocycles. The number of methoxy groups -OCH3 is 1. The maximum absolute atomic E-state index is 12.2. The molecule has 5 nitrogen and oxygen atoms in total. The summed E-state index contributed by atoms with van der Waals surface area (Å²) in [6.45, 7) is -0.0452. The molecule has 0 aliphatic rings. The summed E-state index contributed by atoms with van der Waals surface area (Å²) in [7, 11) is 3.15. The van der Waals surface area contributed by atoms with E-state index >= 15 is 0 Å². The van der Waals surface area contributed by atoms with Crippen molar-refractivity contribution in [2.45, 2.75) is 0 Å². The van der Waals surface area contributed by atoms with Gasteiger partial charge in [-0.05, 0) is 40.2 Å². The van der Waals surface area contributed by atoms with Crippen LogP contribution < -0.4 is 10.1 Å². The third-order valence-corrected chi connectivity index (χ3v) is 4.14. The molecule has 0 atom stereocenters. The van der Waals surface area contributed by atoms with E-state index in [0.717, 1.165) is 10.0 Å². The number of nitrogens with one attached hydrogen (secondary N) is 1. The van der Waals surface area contributed by atoms with Crippen LogP contribution in [-0.4, -0.2) is 37.4 Å². The number of carbonyl (C=O) groups excluding carboxylic acids is 2. The molecule has 2 amide bonds. The van der Waals surface area contributed by atoms with Crippen molar-refractivity contribution in [3.05, 3.63) is 64.6 Å². The van der Waals surface area contributed by atoms with E-state index in [4.69, 9.17) is 4.74 Å². The number of amides is 2. The van der Waals surface area contributed by atoms with Gasteiger partial charge in [0.1, 0.15) is 5.75 Å². The Kier molecular flexibility index (Phi) is 6.77. The van der Waals surface area contributed by atoms with Gasteiger partial charge < -0.3 is 15.0 Å². The van der Waals surface area contributed by atoms with Crippen LogP contribution in [0, 0.1) is 0 Å². The Morgan fingerprint density at radius 3 is 2.56 bits per heavy atom. The number of rotatable bonds is 6. The predicted molar refractivity (Wildman–Crippen MR) is 102 cm³/mol. The number of likely N-dealkylation sites (N-methyl/N-ethyl adjacent to an activating group) is 1. The lowest BCUT2D eigenvalue weighted by molar-refractivity contribution is -0.129. The molecule has 0 aliphatic heterocycles. The molecule has 0 heterocycles. The Labute approximate surface area is 155 Å². The van der Waals surface area contributed by atoms with E-state index in [9.17, 15) is 9.59 Å². The lowest BCUT2D eigenvalue weighted by Crippen LogP contribution is -2.33. The summed E-state index contributed by atoms with van der Waals surface area (Å²) in [5, 5.41) is 2.76. The van der Waals surface area contributed by atoms with Gasteiger partial charge in [-0.15, -0.1) is 0 Å². The Morgan fingerprint density at radius 1 is 1.16 bits per heavy atom. The van der Waals surface area contributed by atoms with Crippen LogP contribution in [0.25, 0.3) is 6.08 Å². The standard InChI is InChI=1S/C19H19BrN2O3/c1-22(13-18(23)21-16-9-5-4-8-15(16)20)19(24)12-11-14-7-3-6-10-17(14)25-2/h3-12H,13H2,1-2H3,(H,21,23). The smallest absolute Gasteiger partial charge is 0.246 e. The van der Waals surface area contributed by atoms with E-state index < -0.39 is 0 Å². The molecule has 0 unspecified atom stereocenters. The second kappa shape index (κ2) is 9.03. The molecule has 0 aromatic heterocycles. The highest BCUT2D eigenvalue weighted by atomic mass is 79.9. The predicted octanol–water partition coefficient (Wildman–Crippen LogP) is 3.57. The Morgan fingerprint density at radius 2 is 1.84 bits per heavy atom. The lowest BCUT2D eigenvalue weighted by Gasteiger charge is -2.15. The second-order valence-electron chi connectivity index (χ2n) is 5.30. The van der Waals surface area contributed by atoms with Gasteiger partial charge in [0.15, 0.2) is 0 Å². The second-order valence-corrected chi connectivity index (χ2v) is 6.15. The highest BCUT2D eigenvalue weighted by molar-refractivity contribution is 9.10. The Hall–Kier alpha value is -2.60. The maximum Gasteiger partial charge on any atom is 0.246 e. The first-order valence-corrected chi connectivity index (χ1v) is 8.41. The number of para-hydroxylation sites is 2. The number of benzene rings is 2. The number of hydrogen-bond donors (Lipinski definition) is 1. The summed E-state index contributed by atoms with van der Waals surface area (Å²) < 4.78 is 6.02. The number of ether oxygens (including phenoxy) is 1. The highest BCUT2D eigenvalue weighted by Crippen LogP contribution is 2.21. The van der Waals surface area contributed by atoms with Crippen LogP contribution in [0.15, 0.2) is 59.1 Å². The van der Waals surface area contributed by atoms with Crippen LogP contribution >= 0.6 is 15.9 Å². The normalized spacial score (nSPS) is 10.5. The summed E-state index contributed by atoms with van der Waals surface area (Å²) >= 11 is 3.37. The molecule has 2 aromatic carbocycles.